The molecule has 0 aliphatic rings. The highest BCUT2D eigenvalue weighted by atomic mass is 19.1. The lowest BCUT2D eigenvalue weighted by Gasteiger charge is -2.10. The molecule has 2 heterocycles. The van der Waals surface area contributed by atoms with Crippen LogP contribution < -0.4 is 11.2 Å². The normalized spacial score (nSPS) is 11.5. The molecule has 0 radical (unpaired) electrons. The first-order valence-corrected chi connectivity index (χ1v) is 6.91. The van der Waals surface area contributed by atoms with Gasteiger partial charge in [0.15, 0.2) is 11.2 Å². The molecule has 0 unspecified atom stereocenters. The Labute approximate surface area is 124 Å². The molecule has 0 saturated carbocycles. The fourth-order valence-corrected chi connectivity index (χ4v) is 2.48. The Bertz CT molecular complexity index is 935. The topological polar surface area (TPSA) is 72.7 Å². The van der Waals surface area contributed by atoms with E-state index >= 15 is 0 Å². The van der Waals surface area contributed by atoms with Crippen molar-refractivity contribution in [2.45, 2.75) is 26.4 Å². The van der Waals surface area contributed by atoms with Crippen LogP contribution in [0.1, 0.15) is 25.5 Å². The Morgan fingerprint density at radius 2 is 1.91 bits per heavy atom. The van der Waals surface area contributed by atoms with E-state index in [9.17, 15) is 14.0 Å². The number of aromatic amines is 1. The predicted molar refractivity (Wildman–Crippen MR) is 80.5 cm³/mol. The second-order valence-corrected chi connectivity index (χ2v) is 5.39. The first-order chi connectivity index (χ1) is 10.5. The average Bonchev–Trinajstić information content (AvgIpc) is 2.85. The lowest BCUT2D eigenvalue weighted by atomic mass is 10.2. The van der Waals surface area contributed by atoms with Crippen LogP contribution in [0, 0.1) is 5.82 Å². The van der Waals surface area contributed by atoms with Crippen molar-refractivity contribution < 1.29 is 4.39 Å². The zero-order chi connectivity index (χ0) is 15.9. The molecule has 0 aliphatic heterocycles. The molecule has 0 bridgehead atoms. The maximum atomic E-state index is 13.0. The van der Waals surface area contributed by atoms with Crippen molar-refractivity contribution in [2.75, 3.05) is 0 Å². The number of imidazole rings is 1. The van der Waals surface area contributed by atoms with Crippen LogP contribution in [-0.2, 0) is 6.54 Å². The molecular formula is C15H15FN4O2. The fourth-order valence-electron chi connectivity index (χ4n) is 2.48. The number of rotatable bonds is 3. The Balaban J connectivity index is 2.16. The van der Waals surface area contributed by atoms with Gasteiger partial charge in [0.05, 0.1) is 6.33 Å². The largest absolute Gasteiger partial charge is 0.330 e. The standard InChI is InChI=1S/C15H15FN4O2/c1-9(2)20-13-12(14(21)18-15(20)22)19(8-17-13)7-10-3-5-11(16)6-4-10/h3-6,8-9H,7H2,1-2H3,(H,18,21,22). The molecule has 7 heteroatoms. The Hall–Kier alpha value is -2.70. The predicted octanol–water partition coefficient (Wildman–Crippen LogP) is 1.65. The summed E-state index contributed by atoms with van der Waals surface area (Å²) in [5.41, 5.74) is 0.571. The highest BCUT2D eigenvalue weighted by Crippen LogP contribution is 2.13. The van der Waals surface area contributed by atoms with Crippen molar-refractivity contribution in [1.82, 2.24) is 19.1 Å². The van der Waals surface area contributed by atoms with Gasteiger partial charge in [0.2, 0.25) is 0 Å². The van der Waals surface area contributed by atoms with Gasteiger partial charge in [0.1, 0.15) is 5.82 Å². The van der Waals surface area contributed by atoms with E-state index in [1.807, 2.05) is 13.8 Å². The molecule has 3 aromatic rings. The minimum absolute atomic E-state index is 0.124. The Morgan fingerprint density at radius 3 is 2.55 bits per heavy atom. The Kier molecular flexibility index (Phi) is 3.40. The van der Waals surface area contributed by atoms with Gasteiger partial charge in [-0.15, -0.1) is 0 Å². The van der Waals surface area contributed by atoms with Gasteiger partial charge in [-0.1, -0.05) is 12.1 Å². The third-order valence-corrected chi connectivity index (χ3v) is 3.48. The first-order valence-electron chi connectivity index (χ1n) is 6.91. The third-order valence-electron chi connectivity index (χ3n) is 3.48. The van der Waals surface area contributed by atoms with Gasteiger partial charge in [-0.05, 0) is 31.5 Å². The molecule has 0 aliphatic carbocycles. The second kappa shape index (κ2) is 5.25. The van der Waals surface area contributed by atoms with Crippen LogP contribution in [0.5, 0.6) is 0 Å². The molecule has 22 heavy (non-hydrogen) atoms. The summed E-state index contributed by atoms with van der Waals surface area (Å²) < 4.78 is 16.1. The number of aromatic nitrogens is 4. The number of H-pyrrole nitrogens is 1. The van der Waals surface area contributed by atoms with Crippen LogP contribution in [0.4, 0.5) is 4.39 Å². The number of nitrogens with zero attached hydrogens (tertiary/aromatic N) is 3. The van der Waals surface area contributed by atoms with Crippen LogP contribution in [0.15, 0.2) is 40.2 Å². The van der Waals surface area contributed by atoms with Crippen molar-refractivity contribution in [2.24, 2.45) is 0 Å². The zero-order valence-electron chi connectivity index (χ0n) is 12.2. The van der Waals surface area contributed by atoms with Crippen LogP contribution in [0.2, 0.25) is 0 Å². The molecule has 2 aromatic heterocycles. The molecule has 1 aromatic carbocycles. The van der Waals surface area contributed by atoms with Gasteiger partial charge in [-0.25, -0.2) is 14.2 Å². The van der Waals surface area contributed by atoms with Crippen molar-refractivity contribution in [3.8, 4) is 0 Å². The summed E-state index contributed by atoms with van der Waals surface area (Å²) in [6.07, 6.45) is 1.52. The highest BCUT2D eigenvalue weighted by molar-refractivity contribution is 5.70. The molecule has 1 N–H and O–H groups in total. The highest BCUT2D eigenvalue weighted by Gasteiger charge is 2.15. The molecule has 0 saturated heterocycles. The summed E-state index contributed by atoms with van der Waals surface area (Å²) >= 11 is 0. The van der Waals surface area contributed by atoms with Gasteiger partial charge in [-0.3, -0.25) is 14.3 Å². The maximum Gasteiger partial charge on any atom is 0.330 e. The van der Waals surface area contributed by atoms with E-state index in [-0.39, 0.29) is 11.9 Å². The molecule has 6 nitrogen and oxygen atoms in total. The molecule has 114 valence electrons. The maximum absolute atomic E-state index is 13.0. The summed E-state index contributed by atoms with van der Waals surface area (Å²) in [7, 11) is 0. The summed E-state index contributed by atoms with van der Waals surface area (Å²) in [6.45, 7) is 4.06. The molecule has 0 amide bonds. The molecule has 3 rings (SSSR count). The minimum atomic E-state index is -0.475. The lowest BCUT2D eigenvalue weighted by molar-refractivity contribution is 0.580. The monoisotopic (exact) mass is 302 g/mol. The summed E-state index contributed by atoms with van der Waals surface area (Å²) in [5.74, 6) is -0.314. The van der Waals surface area contributed by atoms with Crippen molar-refractivity contribution >= 4 is 11.2 Å². The average molecular weight is 302 g/mol. The SMILES string of the molecule is CC(C)n1c(=O)[nH]c(=O)c2c1ncn2Cc1ccc(F)cc1. The molecular weight excluding hydrogens is 287 g/mol. The van der Waals surface area contributed by atoms with Crippen LogP contribution >= 0.6 is 0 Å². The molecule has 0 fully saturated rings. The number of nitrogens with one attached hydrogen (secondary N) is 1. The van der Waals surface area contributed by atoms with Gasteiger partial charge >= 0.3 is 5.69 Å². The minimum Gasteiger partial charge on any atom is -0.320 e. The van der Waals surface area contributed by atoms with Gasteiger partial charge in [0.25, 0.3) is 5.56 Å². The van der Waals surface area contributed by atoms with Crippen LogP contribution in [-0.4, -0.2) is 19.1 Å². The third kappa shape index (κ3) is 2.34. The quantitative estimate of drug-likeness (QED) is 0.799. The van der Waals surface area contributed by atoms with E-state index in [1.165, 1.54) is 23.0 Å². The van der Waals surface area contributed by atoms with Crippen LogP contribution in [0.3, 0.4) is 0 Å². The van der Waals surface area contributed by atoms with Crippen LogP contribution in [0.25, 0.3) is 11.2 Å². The summed E-state index contributed by atoms with van der Waals surface area (Å²) in [6, 6.07) is 5.90. The summed E-state index contributed by atoms with van der Waals surface area (Å²) in [5, 5.41) is 0. The lowest BCUT2D eigenvalue weighted by Crippen LogP contribution is -2.32. The van der Waals surface area contributed by atoms with Gasteiger partial charge in [-0.2, -0.15) is 0 Å². The van der Waals surface area contributed by atoms with Crippen molar-refractivity contribution in [1.29, 1.82) is 0 Å². The van der Waals surface area contributed by atoms with Gasteiger partial charge in [0, 0.05) is 12.6 Å². The number of hydrogen-bond donors (Lipinski definition) is 1. The van der Waals surface area contributed by atoms with E-state index < -0.39 is 11.2 Å². The second-order valence-electron chi connectivity index (χ2n) is 5.39. The van der Waals surface area contributed by atoms with Gasteiger partial charge < -0.3 is 4.57 Å². The van der Waals surface area contributed by atoms with E-state index in [1.54, 1.807) is 16.7 Å². The number of hydrogen-bond acceptors (Lipinski definition) is 3. The number of fused-ring (bicyclic) bond motifs is 1. The summed E-state index contributed by atoms with van der Waals surface area (Å²) in [4.78, 5) is 30.6. The molecule has 0 atom stereocenters. The van der Waals surface area contributed by atoms with Crippen molar-refractivity contribution in [3.05, 3.63) is 62.8 Å². The first kappa shape index (κ1) is 14.2. The van der Waals surface area contributed by atoms with E-state index in [0.29, 0.717) is 17.7 Å². The molecule has 0 spiro atoms. The van der Waals surface area contributed by atoms with E-state index in [0.717, 1.165) is 5.56 Å². The van der Waals surface area contributed by atoms with E-state index in [2.05, 4.69) is 9.97 Å². The Morgan fingerprint density at radius 1 is 1.23 bits per heavy atom. The van der Waals surface area contributed by atoms with E-state index in [4.69, 9.17) is 0 Å². The zero-order valence-corrected chi connectivity index (χ0v) is 12.2. The van der Waals surface area contributed by atoms with Crippen molar-refractivity contribution in [3.63, 3.8) is 0 Å². The smallest absolute Gasteiger partial charge is 0.320 e. The number of halogens is 1. The fraction of sp³-hybridized carbons (Fsp3) is 0.267. The number of benzene rings is 1.